The molecule has 1 aromatic rings. The molecule has 1 fully saturated rings. The third kappa shape index (κ3) is 7.93. The van der Waals surface area contributed by atoms with Crippen LogP contribution < -0.4 is 4.74 Å². The van der Waals surface area contributed by atoms with Crippen molar-refractivity contribution >= 4 is 11.6 Å². The van der Waals surface area contributed by atoms with E-state index in [1.54, 1.807) is 17.0 Å². The summed E-state index contributed by atoms with van der Waals surface area (Å²) in [6, 6.07) is 4.80. The fraction of sp³-hybridized carbons (Fsp3) is 0.636. The van der Waals surface area contributed by atoms with Crippen molar-refractivity contribution < 1.29 is 24.6 Å². The molecule has 0 bridgehead atoms. The third-order valence-corrected chi connectivity index (χ3v) is 5.14. The Kier molecular flexibility index (Phi) is 10.3. The molecule has 1 aromatic carbocycles. The lowest BCUT2D eigenvalue weighted by Gasteiger charge is -2.26. The second-order valence-electron chi connectivity index (χ2n) is 7.38. The molecule has 0 aromatic heterocycles. The van der Waals surface area contributed by atoms with E-state index in [1.165, 1.54) is 38.2 Å². The van der Waals surface area contributed by atoms with E-state index in [2.05, 4.69) is 12.1 Å². The number of carbonyl (C=O) groups is 1. The summed E-state index contributed by atoms with van der Waals surface area (Å²) in [6.07, 6.45) is 8.80. The molecule has 162 valence electrons. The number of phenolic OH excluding ortho intramolecular Hbond substituents is 1. The average molecular weight is 407 g/mol. The Hall–Kier alpha value is -2.28. The number of unbranched alkanes of at least 4 members (excludes halogenated alkanes) is 6. The van der Waals surface area contributed by atoms with Gasteiger partial charge in [0.05, 0.1) is 18.9 Å². The first-order chi connectivity index (χ1) is 14.2. The van der Waals surface area contributed by atoms with Crippen molar-refractivity contribution in [2.45, 2.75) is 58.3 Å². The van der Waals surface area contributed by atoms with Gasteiger partial charge < -0.3 is 24.7 Å². The number of rotatable bonds is 12. The highest BCUT2D eigenvalue weighted by molar-refractivity contribution is 6.02. The molecular formula is C22H34N2O5. The summed E-state index contributed by atoms with van der Waals surface area (Å²) in [6.45, 7) is 4.35. The molecule has 1 amide bonds. The predicted octanol–water partition coefficient (Wildman–Crippen LogP) is 3.95. The number of hydrogen-bond acceptors (Lipinski definition) is 6. The topological polar surface area (TPSA) is 91.6 Å². The van der Waals surface area contributed by atoms with Crippen LogP contribution in [0.1, 0.15) is 63.9 Å². The first kappa shape index (κ1) is 23.0. The van der Waals surface area contributed by atoms with Crippen molar-refractivity contribution in [3.63, 3.8) is 0 Å². The van der Waals surface area contributed by atoms with Crippen molar-refractivity contribution in [1.82, 2.24) is 4.90 Å². The second-order valence-corrected chi connectivity index (χ2v) is 7.38. The van der Waals surface area contributed by atoms with E-state index in [1.807, 2.05) is 0 Å². The molecular weight excluding hydrogens is 372 g/mol. The summed E-state index contributed by atoms with van der Waals surface area (Å²) >= 11 is 0. The van der Waals surface area contributed by atoms with Gasteiger partial charge in [0.1, 0.15) is 11.5 Å². The van der Waals surface area contributed by atoms with E-state index in [0.717, 1.165) is 12.8 Å². The standard InChI is InChI=1S/C22H34N2O5/c1-2-3-4-5-6-7-8-9-20(23-27)19-11-10-18(16-21(19)25)29-17-22(26)24-12-14-28-15-13-24/h10-11,16,25,27H,2-9,12-15,17H2,1H3. The minimum atomic E-state index is -0.103. The average Bonchev–Trinajstić information content (AvgIpc) is 2.75. The molecule has 7 nitrogen and oxygen atoms in total. The van der Waals surface area contributed by atoms with Crippen molar-refractivity contribution in [2.75, 3.05) is 32.9 Å². The van der Waals surface area contributed by atoms with Crippen LogP contribution in [0.5, 0.6) is 11.5 Å². The number of amides is 1. The van der Waals surface area contributed by atoms with Gasteiger partial charge in [0.2, 0.25) is 0 Å². The first-order valence-electron chi connectivity index (χ1n) is 10.7. The Morgan fingerprint density at radius 1 is 1.14 bits per heavy atom. The highest BCUT2D eigenvalue weighted by Gasteiger charge is 2.17. The zero-order chi connectivity index (χ0) is 20.9. The van der Waals surface area contributed by atoms with Gasteiger partial charge in [0, 0.05) is 24.7 Å². The summed E-state index contributed by atoms with van der Waals surface area (Å²) in [5.74, 6) is 0.284. The van der Waals surface area contributed by atoms with Crippen LogP contribution in [0.2, 0.25) is 0 Å². The molecule has 0 spiro atoms. The van der Waals surface area contributed by atoms with Crippen LogP contribution in [0.3, 0.4) is 0 Å². The van der Waals surface area contributed by atoms with Gasteiger partial charge in [-0.3, -0.25) is 4.79 Å². The minimum Gasteiger partial charge on any atom is -0.507 e. The molecule has 1 heterocycles. The zero-order valence-corrected chi connectivity index (χ0v) is 17.4. The lowest BCUT2D eigenvalue weighted by Crippen LogP contribution is -2.42. The Morgan fingerprint density at radius 3 is 2.48 bits per heavy atom. The number of oxime groups is 1. The van der Waals surface area contributed by atoms with E-state index in [9.17, 15) is 15.1 Å². The number of benzene rings is 1. The first-order valence-corrected chi connectivity index (χ1v) is 10.7. The molecule has 1 aliphatic rings. The maximum atomic E-state index is 12.1. The zero-order valence-electron chi connectivity index (χ0n) is 17.4. The van der Waals surface area contributed by atoms with E-state index in [0.29, 0.717) is 49.7 Å². The molecule has 0 radical (unpaired) electrons. The third-order valence-electron chi connectivity index (χ3n) is 5.14. The monoisotopic (exact) mass is 406 g/mol. The molecule has 1 saturated heterocycles. The van der Waals surface area contributed by atoms with Gasteiger partial charge in [-0.2, -0.15) is 0 Å². The van der Waals surface area contributed by atoms with E-state index in [4.69, 9.17) is 9.47 Å². The van der Waals surface area contributed by atoms with Crippen LogP contribution >= 0.6 is 0 Å². The number of carbonyl (C=O) groups excluding carboxylic acids is 1. The van der Waals surface area contributed by atoms with Crippen molar-refractivity contribution in [1.29, 1.82) is 0 Å². The fourth-order valence-corrected chi connectivity index (χ4v) is 3.38. The highest BCUT2D eigenvalue weighted by atomic mass is 16.5. The quantitative estimate of drug-likeness (QED) is 0.237. The SMILES string of the molecule is CCCCCCCCCC(=NO)c1ccc(OCC(=O)N2CCOCC2)cc1O. The molecule has 0 atom stereocenters. The molecule has 0 unspecified atom stereocenters. The molecule has 2 N–H and O–H groups in total. The Balaban J connectivity index is 1.79. The number of nitrogens with zero attached hydrogens (tertiary/aromatic N) is 2. The molecule has 1 aliphatic heterocycles. The minimum absolute atomic E-state index is 0.0166. The lowest BCUT2D eigenvalue weighted by molar-refractivity contribution is -0.137. The van der Waals surface area contributed by atoms with Gasteiger partial charge in [0.25, 0.3) is 5.91 Å². The van der Waals surface area contributed by atoms with Gasteiger partial charge in [-0.05, 0) is 25.0 Å². The van der Waals surface area contributed by atoms with Gasteiger partial charge in [-0.1, -0.05) is 50.6 Å². The summed E-state index contributed by atoms with van der Waals surface area (Å²) in [5.41, 5.74) is 0.956. The normalized spacial score (nSPS) is 14.8. The van der Waals surface area contributed by atoms with Crippen LogP contribution in [0.4, 0.5) is 0 Å². The molecule has 0 saturated carbocycles. The molecule has 7 heteroatoms. The van der Waals surface area contributed by atoms with Crippen LogP contribution in [0.15, 0.2) is 23.4 Å². The van der Waals surface area contributed by atoms with Crippen LogP contribution in [-0.4, -0.2) is 59.7 Å². The van der Waals surface area contributed by atoms with E-state index >= 15 is 0 Å². The Morgan fingerprint density at radius 2 is 1.83 bits per heavy atom. The number of phenols is 1. The largest absolute Gasteiger partial charge is 0.507 e. The maximum Gasteiger partial charge on any atom is 0.260 e. The van der Waals surface area contributed by atoms with Gasteiger partial charge in [-0.15, -0.1) is 0 Å². The second kappa shape index (κ2) is 13.0. The summed E-state index contributed by atoms with van der Waals surface area (Å²) < 4.78 is 10.8. The van der Waals surface area contributed by atoms with E-state index in [-0.39, 0.29) is 18.3 Å². The van der Waals surface area contributed by atoms with Gasteiger partial charge in [0.15, 0.2) is 6.61 Å². The van der Waals surface area contributed by atoms with Crippen molar-refractivity contribution in [3.05, 3.63) is 23.8 Å². The summed E-state index contributed by atoms with van der Waals surface area (Å²) in [4.78, 5) is 13.8. The van der Waals surface area contributed by atoms with Gasteiger partial charge in [-0.25, -0.2) is 0 Å². The molecule has 2 rings (SSSR count). The Labute approximate surface area is 173 Å². The van der Waals surface area contributed by atoms with Gasteiger partial charge >= 0.3 is 0 Å². The van der Waals surface area contributed by atoms with Crippen LogP contribution in [0, 0.1) is 0 Å². The molecule has 0 aliphatic carbocycles. The summed E-state index contributed by atoms with van der Waals surface area (Å²) in [7, 11) is 0. The number of morpholine rings is 1. The number of aromatic hydroxyl groups is 1. The van der Waals surface area contributed by atoms with Crippen molar-refractivity contribution in [3.8, 4) is 11.5 Å². The highest BCUT2D eigenvalue weighted by Crippen LogP contribution is 2.26. The summed E-state index contributed by atoms with van der Waals surface area (Å²) in [5, 5.41) is 23.0. The smallest absolute Gasteiger partial charge is 0.260 e. The van der Waals surface area contributed by atoms with Crippen LogP contribution in [0.25, 0.3) is 0 Å². The molecule has 29 heavy (non-hydrogen) atoms. The number of hydrogen-bond donors (Lipinski definition) is 2. The number of ether oxygens (including phenoxy) is 2. The fourth-order valence-electron chi connectivity index (χ4n) is 3.38. The predicted molar refractivity (Wildman–Crippen MR) is 112 cm³/mol. The lowest BCUT2D eigenvalue weighted by atomic mass is 10.0. The van der Waals surface area contributed by atoms with Crippen molar-refractivity contribution in [2.24, 2.45) is 5.16 Å². The Bertz CT molecular complexity index is 657. The maximum absolute atomic E-state index is 12.1. The van der Waals surface area contributed by atoms with Crippen LogP contribution in [-0.2, 0) is 9.53 Å². The van der Waals surface area contributed by atoms with E-state index < -0.39 is 0 Å².